The largest absolute Gasteiger partial charge is 0.381 e. The van der Waals surface area contributed by atoms with Crippen LogP contribution in [-0.2, 0) is 0 Å². The van der Waals surface area contributed by atoms with Crippen molar-refractivity contribution in [3.05, 3.63) is 55.1 Å². The molecule has 4 nitrogen and oxygen atoms in total. The van der Waals surface area contributed by atoms with Gasteiger partial charge >= 0.3 is 0 Å². The zero-order valence-corrected chi connectivity index (χ0v) is 15.0. The van der Waals surface area contributed by atoms with Gasteiger partial charge in [-0.1, -0.05) is 45.4 Å². The Balaban J connectivity index is 1.87. The van der Waals surface area contributed by atoms with Crippen molar-refractivity contribution in [2.24, 2.45) is 0 Å². The summed E-state index contributed by atoms with van der Waals surface area (Å²) >= 11 is 0. The topological polar surface area (TPSA) is 53.6 Å². The van der Waals surface area contributed by atoms with Gasteiger partial charge in [0.15, 0.2) is 0 Å². The Morgan fingerprint density at radius 2 is 1.92 bits per heavy atom. The Morgan fingerprint density at radius 1 is 1.12 bits per heavy atom. The lowest BCUT2D eigenvalue weighted by Gasteiger charge is -2.20. The second kappa shape index (κ2) is 7.97. The summed E-state index contributed by atoms with van der Waals surface area (Å²) in [6.07, 6.45) is 10.2. The maximum absolute atomic E-state index is 4.26. The predicted molar refractivity (Wildman–Crippen MR) is 105 cm³/mol. The maximum atomic E-state index is 4.26. The number of fused-ring (bicyclic) bond motifs is 1. The lowest BCUT2D eigenvalue weighted by atomic mass is 10.0. The van der Waals surface area contributed by atoms with Crippen LogP contribution in [0, 0.1) is 0 Å². The van der Waals surface area contributed by atoms with E-state index in [0.717, 1.165) is 40.7 Å². The Hall–Kier alpha value is -2.62. The van der Waals surface area contributed by atoms with Crippen LogP contribution in [0.15, 0.2) is 49.4 Å². The first-order valence-corrected chi connectivity index (χ1v) is 9.06. The molecule has 2 heterocycles. The van der Waals surface area contributed by atoms with Crippen LogP contribution in [0.4, 0.5) is 0 Å². The number of hydrogen-bond acceptors (Lipinski definition) is 3. The first-order chi connectivity index (χ1) is 12.2. The highest BCUT2D eigenvalue weighted by Gasteiger charge is 2.14. The number of nitrogens with zero attached hydrogens (tertiary/aromatic N) is 2. The van der Waals surface area contributed by atoms with Crippen molar-refractivity contribution in [3.63, 3.8) is 0 Å². The number of hydrogen-bond donors (Lipinski definition) is 2. The molecule has 1 aromatic carbocycles. The summed E-state index contributed by atoms with van der Waals surface area (Å²) in [6, 6.07) is 8.88. The molecule has 0 spiro atoms. The molecule has 0 saturated heterocycles. The van der Waals surface area contributed by atoms with Gasteiger partial charge < -0.3 is 5.32 Å². The minimum Gasteiger partial charge on any atom is -0.381 e. The first kappa shape index (κ1) is 17.2. The average molecular weight is 334 g/mol. The van der Waals surface area contributed by atoms with E-state index in [2.05, 4.69) is 59.1 Å². The Labute approximate surface area is 149 Å². The van der Waals surface area contributed by atoms with Gasteiger partial charge in [0.25, 0.3) is 0 Å². The molecule has 25 heavy (non-hydrogen) atoms. The molecule has 0 amide bonds. The van der Waals surface area contributed by atoms with Gasteiger partial charge in [0, 0.05) is 29.4 Å². The van der Waals surface area contributed by atoms with Gasteiger partial charge in [0.05, 0.1) is 17.6 Å². The van der Waals surface area contributed by atoms with Crippen molar-refractivity contribution in [1.29, 1.82) is 0 Å². The van der Waals surface area contributed by atoms with E-state index >= 15 is 0 Å². The number of aromatic nitrogens is 3. The minimum atomic E-state index is 0.458. The average Bonchev–Trinajstić information content (AvgIpc) is 3.11. The van der Waals surface area contributed by atoms with Crippen molar-refractivity contribution in [1.82, 2.24) is 20.5 Å². The fourth-order valence-corrected chi connectivity index (χ4v) is 3.29. The highest BCUT2D eigenvalue weighted by molar-refractivity contribution is 5.88. The SMILES string of the molecule is C=C(NC(CCC)CCC)c1[nH]ncc1-c1ccc2ccncc2c1. The van der Waals surface area contributed by atoms with Crippen LogP contribution in [0.2, 0.25) is 0 Å². The van der Waals surface area contributed by atoms with Gasteiger partial charge in [-0.15, -0.1) is 0 Å². The number of H-pyrrole nitrogens is 1. The number of pyridine rings is 1. The van der Waals surface area contributed by atoms with Crippen molar-refractivity contribution in [2.45, 2.75) is 45.6 Å². The first-order valence-electron chi connectivity index (χ1n) is 9.06. The molecule has 0 aliphatic carbocycles. The van der Waals surface area contributed by atoms with Crippen LogP contribution in [0.25, 0.3) is 27.6 Å². The monoisotopic (exact) mass is 334 g/mol. The molecular formula is C21H26N4. The van der Waals surface area contributed by atoms with Gasteiger partial charge in [-0.05, 0) is 35.9 Å². The van der Waals surface area contributed by atoms with Gasteiger partial charge in [0.2, 0.25) is 0 Å². The summed E-state index contributed by atoms with van der Waals surface area (Å²) in [6.45, 7) is 8.70. The Kier molecular flexibility index (Phi) is 5.49. The third-order valence-electron chi connectivity index (χ3n) is 4.55. The molecular weight excluding hydrogens is 308 g/mol. The van der Waals surface area contributed by atoms with E-state index in [4.69, 9.17) is 0 Å². The standard InChI is InChI=1S/C21H26N4/c1-4-6-19(7-5-2)24-15(3)21-20(14-23-25-21)17-9-8-16-10-11-22-13-18(16)12-17/h8-14,19,24H,3-7H2,1-2H3,(H,23,25). The molecule has 3 aromatic rings. The number of nitrogens with one attached hydrogen (secondary N) is 2. The number of aromatic amines is 1. The van der Waals surface area contributed by atoms with Crippen molar-refractivity contribution in [2.75, 3.05) is 0 Å². The van der Waals surface area contributed by atoms with Crippen LogP contribution < -0.4 is 5.32 Å². The van der Waals surface area contributed by atoms with Crippen LogP contribution in [0.5, 0.6) is 0 Å². The van der Waals surface area contributed by atoms with E-state index in [1.807, 2.05) is 24.7 Å². The van der Waals surface area contributed by atoms with Crippen molar-refractivity contribution >= 4 is 16.5 Å². The quantitative estimate of drug-likeness (QED) is 0.598. The predicted octanol–water partition coefficient (Wildman–Crippen LogP) is 5.15. The number of benzene rings is 1. The molecule has 0 atom stereocenters. The highest BCUT2D eigenvalue weighted by Crippen LogP contribution is 2.28. The summed E-state index contributed by atoms with van der Waals surface area (Å²) in [5.41, 5.74) is 4.05. The van der Waals surface area contributed by atoms with E-state index in [9.17, 15) is 0 Å². The molecule has 0 unspecified atom stereocenters. The van der Waals surface area contributed by atoms with Gasteiger partial charge in [-0.3, -0.25) is 10.1 Å². The molecule has 0 radical (unpaired) electrons. The van der Waals surface area contributed by atoms with E-state index in [0.29, 0.717) is 6.04 Å². The molecule has 0 bridgehead atoms. The van der Waals surface area contributed by atoms with Gasteiger partial charge in [0.1, 0.15) is 0 Å². The van der Waals surface area contributed by atoms with Crippen molar-refractivity contribution in [3.8, 4) is 11.1 Å². The Bertz CT molecular complexity index is 844. The lowest BCUT2D eigenvalue weighted by molar-refractivity contribution is 0.502. The van der Waals surface area contributed by atoms with E-state index < -0.39 is 0 Å². The molecule has 2 N–H and O–H groups in total. The maximum Gasteiger partial charge on any atom is 0.0881 e. The molecule has 2 aromatic heterocycles. The molecule has 0 fully saturated rings. The zero-order chi connectivity index (χ0) is 17.6. The number of rotatable bonds is 8. The summed E-state index contributed by atoms with van der Waals surface area (Å²) in [5.74, 6) is 0. The summed E-state index contributed by atoms with van der Waals surface area (Å²) in [7, 11) is 0. The van der Waals surface area contributed by atoms with Gasteiger partial charge in [-0.2, -0.15) is 5.10 Å². The smallest absolute Gasteiger partial charge is 0.0881 e. The lowest BCUT2D eigenvalue weighted by Crippen LogP contribution is -2.27. The second-order valence-electron chi connectivity index (χ2n) is 6.49. The zero-order valence-electron chi connectivity index (χ0n) is 15.0. The molecule has 0 aliphatic heterocycles. The normalized spacial score (nSPS) is 11.2. The molecule has 130 valence electrons. The third kappa shape index (κ3) is 3.90. The minimum absolute atomic E-state index is 0.458. The fourth-order valence-electron chi connectivity index (χ4n) is 3.29. The van der Waals surface area contributed by atoms with Crippen LogP contribution in [0.3, 0.4) is 0 Å². The second-order valence-corrected chi connectivity index (χ2v) is 6.49. The van der Waals surface area contributed by atoms with Crippen LogP contribution in [0.1, 0.15) is 45.2 Å². The van der Waals surface area contributed by atoms with Gasteiger partial charge in [-0.25, -0.2) is 0 Å². The summed E-state index contributed by atoms with van der Waals surface area (Å²) < 4.78 is 0. The molecule has 0 aliphatic rings. The van der Waals surface area contributed by atoms with Crippen molar-refractivity contribution < 1.29 is 0 Å². The third-order valence-corrected chi connectivity index (χ3v) is 4.55. The molecule has 4 heteroatoms. The summed E-state index contributed by atoms with van der Waals surface area (Å²) in [5, 5.41) is 13.3. The van der Waals surface area contributed by atoms with Crippen LogP contribution in [-0.4, -0.2) is 21.2 Å². The van der Waals surface area contributed by atoms with E-state index in [1.165, 1.54) is 18.2 Å². The fraction of sp³-hybridized carbons (Fsp3) is 0.333. The highest BCUT2D eigenvalue weighted by atomic mass is 15.1. The van der Waals surface area contributed by atoms with Crippen LogP contribution >= 0.6 is 0 Å². The molecule has 3 rings (SSSR count). The summed E-state index contributed by atoms with van der Waals surface area (Å²) in [4.78, 5) is 4.22. The molecule has 0 saturated carbocycles. The van der Waals surface area contributed by atoms with E-state index in [-0.39, 0.29) is 0 Å². The Morgan fingerprint density at radius 3 is 2.68 bits per heavy atom. The van der Waals surface area contributed by atoms with E-state index in [1.54, 1.807) is 0 Å².